The highest BCUT2D eigenvalue weighted by molar-refractivity contribution is 5.80. The molecule has 26 heavy (non-hydrogen) atoms. The first-order valence-corrected chi connectivity index (χ1v) is 10.1. The quantitative estimate of drug-likeness (QED) is 0.566. The van der Waals surface area contributed by atoms with Crippen LogP contribution < -0.4 is 0 Å². The average molecular weight is 363 g/mol. The normalized spacial score (nSPS) is 24.9. The van der Waals surface area contributed by atoms with Gasteiger partial charge in [0.2, 0.25) is 0 Å². The number of esters is 1. The van der Waals surface area contributed by atoms with Gasteiger partial charge in [-0.1, -0.05) is 50.1 Å². The van der Waals surface area contributed by atoms with E-state index in [1.165, 1.54) is 0 Å². The van der Waals surface area contributed by atoms with Gasteiger partial charge in [-0.25, -0.2) is 0 Å². The Morgan fingerprint density at radius 1 is 1.31 bits per heavy atom. The second-order valence-corrected chi connectivity index (χ2v) is 8.29. The molecule has 2 rings (SSSR count). The molecule has 1 fully saturated rings. The Kier molecular flexibility index (Phi) is 7.24. The van der Waals surface area contributed by atoms with E-state index in [2.05, 4.69) is 27.8 Å². The molecule has 0 aliphatic heterocycles. The van der Waals surface area contributed by atoms with Crippen molar-refractivity contribution in [2.75, 3.05) is 33.3 Å². The topological polar surface area (TPSA) is 46.5 Å². The van der Waals surface area contributed by atoms with Crippen molar-refractivity contribution < 1.29 is 19.1 Å². The number of hydrogen-bond acceptors (Lipinski definition) is 3. The van der Waals surface area contributed by atoms with Gasteiger partial charge in [-0.2, -0.15) is 0 Å². The summed E-state index contributed by atoms with van der Waals surface area (Å²) in [5.41, 5.74) is -0.151. The molecule has 0 radical (unpaired) electrons. The van der Waals surface area contributed by atoms with E-state index in [9.17, 15) is 9.90 Å². The van der Waals surface area contributed by atoms with Crippen LogP contribution in [0.3, 0.4) is 0 Å². The van der Waals surface area contributed by atoms with Gasteiger partial charge in [0, 0.05) is 0 Å². The van der Waals surface area contributed by atoms with E-state index < -0.39 is 11.5 Å². The molecule has 0 heterocycles. The summed E-state index contributed by atoms with van der Waals surface area (Å²) in [4.78, 5) is 13.0. The molecule has 4 nitrogen and oxygen atoms in total. The second-order valence-electron chi connectivity index (χ2n) is 8.29. The zero-order chi connectivity index (χ0) is 19.2. The Labute approximate surface area is 158 Å². The van der Waals surface area contributed by atoms with Crippen LogP contribution in [0.1, 0.15) is 57.9 Å². The van der Waals surface area contributed by atoms with E-state index in [4.69, 9.17) is 4.74 Å². The minimum atomic E-state index is -1.01. The molecule has 1 saturated carbocycles. The Hall–Kier alpha value is -1.39. The summed E-state index contributed by atoms with van der Waals surface area (Å²) in [5, 5.41) is 11.4. The van der Waals surface area contributed by atoms with Gasteiger partial charge in [0.15, 0.2) is 0 Å². The SMILES string of the molecule is CC[N+](C)(CC)CCOC(=O)C(c1ccccc1)C1(O)CCCC(C)C1. The van der Waals surface area contributed by atoms with Crippen molar-refractivity contribution in [3.8, 4) is 0 Å². The largest absolute Gasteiger partial charge is 0.459 e. The lowest BCUT2D eigenvalue weighted by atomic mass is 9.69. The number of nitrogens with zero attached hydrogens (tertiary/aromatic N) is 1. The third-order valence-electron chi connectivity index (χ3n) is 6.32. The summed E-state index contributed by atoms with van der Waals surface area (Å²) in [6.07, 6.45) is 3.37. The van der Waals surface area contributed by atoms with Crippen molar-refractivity contribution in [3.05, 3.63) is 35.9 Å². The number of ether oxygens (including phenoxy) is 1. The first-order valence-electron chi connectivity index (χ1n) is 10.1. The van der Waals surface area contributed by atoms with E-state index in [1.807, 2.05) is 30.3 Å². The maximum atomic E-state index is 13.0. The standard InChI is InChI=1S/C22H36NO3/c1-5-23(4,6-2)15-16-26-21(24)20(19-12-8-7-9-13-19)22(25)14-10-11-18(3)17-22/h7-9,12-13,18,20,25H,5-6,10-11,14-17H2,1-4H3/q+1. The summed E-state index contributed by atoms with van der Waals surface area (Å²) in [6, 6.07) is 9.65. The molecule has 1 N–H and O–H groups in total. The monoisotopic (exact) mass is 362 g/mol. The number of carbonyl (C=O) groups is 1. The highest BCUT2D eigenvalue weighted by Crippen LogP contribution is 2.42. The van der Waals surface area contributed by atoms with Crippen LogP contribution in [0.5, 0.6) is 0 Å². The molecule has 1 aromatic carbocycles. The number of carbonyl (C=O) groups excluding carboxylic acids is 1. The molecule has 4 heteroatoms. The Morgan fingerprint density at radius 2 is 1.96 bits per heavy atom. The molecule has 0 spiro atoms. The van der Waals surface area contributed by atoms with Crippen LogP contribution in [0.4, 0.5) is 0 Å². The first-order chi connectivity index (χ1) is 12.3. The smallest absolute Gasteiger partial charge is 0.316 e. The van der Waals surface area contributed by atoms with Crippen LogP contribution in [0, 0.1) is 5.92 Å². The van der Waals surface area contributed by atoms with Crippen LogP contribution >= 0.6 is 0 Å². The number of benzene rings is 1. The van der Waals surface area contributed by atoms with Gasteiger partial charge < -0.3 is 14.3 Å². The van der Waals surface area contributed by atoms with E-state index in [-0.39, 0.29) is 5.97 Å². The lowest BCUT2D eigenvalue weighted by Crippen LogP contribution is -2.47. The third kappa shape index (κ3) is 5.08. The molecule has 3 atom stereocenters. The number of quaternary nitrogens is 1. The number of hydrogen-bond donors (Lipinski definition) is 1. The van der Waals surface area contributed by atoms with Gasteiger partial charge in [0.05, 0.1) is 25.7 Å². The average Bonchev–Trinajstić information content (AvgIpc) is 2.62. The molecular weight excluding hydrogens is 326 g/mol. The number of rotatable bonds is 8. The summed E-state index contributed by atoms with van der Waals surface area (Å²) < 4.78 is 6.58. The summed E-state index contributed by atoms with van der Waals surface area (Å²) in [6.45, 7) is 9.69. The number of aliphatic hydroxyl groups is 1. The van der Waals surface area contributed by atoms with Crippen molar-refractivity contribution in [2.45, 2.75) is 58.0 Å². The zero-order valence-electron chi connectivity index (χ0n) is 16.9. The molecule has 1 aliphatic rings. The summed E-state index contributed by atoms with van der Waals surface area (Å²) in [7, 11) is 2.18. The molecular formula is C22H36NO3+. The van der Waals surface area contributed by atoms with Gasteiger partial charge in [-0.3, -0.25) is 4.79 Å². The molecule has 3 unspecified atom stereocenters. The highest BCUT2D eigenvalue weighted by Gasteiger charge is 2.45. The summed E-state index contributed by atoms with van der Waals surface area (Å²) in [5.74, 6) is -0.465. The van der Waals surface area contributed by atoms with Crippen LogP contribution in [0.25, 0.3) is 0 Å². The lowest BCUT2D eigenvalue weighted by Gasteiger charge is -2.40. The van der Waals surface area contributed by atoms with Gasteiger partial charge >= 0.3 is 5.97 Å². The third-order valence-corrected chi connectivity index (χ3v) is 6.32. The highest BCUT2D eigenvalue weighted by atomic mass is 16.5. The Balaban J connectivity index is 2.15. The maximum Gasteiger partial charge on any atom is 0.316 e. The molecule has 0 amide bonds. The predicted molar refractivity (Wildman–Crippen MR) is 105 cm³/mol. The van der Waals surface area contributed by atoms with E-state index in [0.717, 1.165) is 42.5 Å². The molecule has 0 aromatic heterocycles. The first kappa shape index (κ1) is 20.9. The van der Waals surface area contributed by atoms with Crippen LogP contribution in [0.2, 0.25) is 0 Å². The van der Waals surface area contributed by atoms with Crippen LogP contribution in [-0.2, 0) is 9.53 Å². The minimum Gasteiger partial charge on any atom is -0.459 e. The van der Waals surface area contributed by atoms with Gasteiger partial charge in [-0.15, -0.1) is 0 Å². The van der Waals surface area contributed by atoms with E-state index in [1.54, 1.807) is 0 Å². The fourth-order valence-electron chi connectivity index (χ4n) is 4.13. The maximum absolute atomic E-state index is 13.0. The van der Waals surface area contributed by atoms with Crippen molar-refractivity contribution in [1.29, 1.82) is 0 Å². The van der Waals surface area contributed by atoms with Gasteiger partial charge in [0.1, 0.15) is 19.1 Å². The predicted octanol–water partition coefficient (Wildman–Crippen LogP) is 3.74. The van der Waals surface area contributed by atoms with Crippen LogP contribution in [0.15, 0.2) is 30.3 Å². The van der Waals surface area contributed by atoms with Gasteiger partial charge in [-0.05, 0) is 38.2 Å². The van der Waals surface area contributed by atoms with Crippen molar-refractivity contribution in [2.24, 2.45) is 5.92 Å². The fourth-order valence-corrected chi connectivity index (χ4v) is 4.13. The van der Waals surface area contributed by atoms with Crippen molar-refractivity contribution in [3.63, 3.8) is 0 Å². The number of likely N-dealkylation sites (N-methyl/N-ethyl adjacent to an activating group) is 1. The Bertz CT molecular complexity index is 570. The van der Waals surface area contributed by atoms with Crippen LogP contribution in [-0.4, -0.2) is 54.4 Å². The van der Waals surface area contributed by atoms with Crippen molar-refractivity contribution >= 4 is 5.97 Å². The Morgan fingerprint density at radius 3 is 2.54 bits per heavy atom. The lowest BCUT2D eigenvalue weighted by molar-refractivity contribution is -0.906. The second kappa shape index (κ2) is 9.01. The molecule has 1 aliphatic carbocycles. The fraction of sp³-hybridized carbons (Fsp3) is 0.682. The van der Waals surface area contributed by atoms with E-state index in [0.29, 0.717) is 25.4 Å². The molecule has 1 aromatic rings. The molecule has 0 bridgehead atoms. The molecule has 0 saturated heterocycles. The zero-order valence-corrected chi connectivity index (χ0v) is 16.9. The van der Waals surface area contributed by atoms with E-state index >= 15 is 0 Å². The van der Waals surface area contributed by atoms with Crippen molar-refractivity contribution in [1.82, 2.24) is 0 Å². The summed E-state index contributed by atoms with van der Waals surface area (Å²) >= 11 is 0. The minimum absolute atomic E-state index is 0.286. The van der Waals surface area contributed by atoms with Gasteiger partial charge in [0.25, 0.3) is 0 Å². The molecule has 146 valence electrons.